The van der Waals surface area contributed by atoms with Gasteiger partial charge in [0.15, 0.2) is 5.76 Å². The number of hydrogen-bond donors (Lipinski definition) is 2. The molecule has 31 heavy (non-hydrogen) atoms. The summed E-state index contributed by atoms with van der Waals surface area (Å²) < 4.78 is 11.6. The Bertz CT molecular complexity index is 1110. The fraction of sp³-hybridized carbons (Fsp3) is 0.360. The van der Waals surface area contributed by atoms with Gasteiger partial charge in [-0.05, 0) is 44.5 Å². The maximum atomic E-state index is 13.1. The standard InChI is InChI=1S/C25H30N2O4/c1-15(2)30-14-19-18-9-7-8-10-21(18)31-22(19)23(28)26-17-12-11-16(3)20(13-17)27-24(29)25(4,5)6/h7-13,15H,14H2,1-6H3,(H,26,28)(H,27,29). The topological polar surface area (TPSA) is 80.6 Å². The Hall–Kier alpha value is -3.12. The quantitative estimate of drug-likeness (QED) is 0.518. The van der Waals surface area contributed by atoms with Gasteiger partial charge in [-0.15, -0.1) is 0 Å². The fourth-order valence-corrected chi connectivity index (χ4v) is 3.01. The largest absolute Gasteiger partial charge is 0.451 e. The molecule has 0 fully saturated rings. The van der Waals surface area contributed by atoms with E-state index in [9.17, 15) is 9.59 Å². The maximum Gasteiger partial charge on any atom is 0.291 e. The lowest BCUT2D eigenvalue weighted by Crippen LogP contribution is -2.28. The second kappa shape index (κ2) is 8.94. The van der Waals surface area contributed by atoms with E-state index in [4.69, 9.17) is 9.15 Å². The van der Waals surface area contributed by atoms with E-state index in [0.29, 0.717) is 17.0 Å². The number of aryl methyl sites for hydroxylation is 1. The van der Waals surface area contributed by atoms with Crippen LogP contribution in [0.3, 0.4) is 0 Å². The summed E-state index contributed by atoms with van der Waals surface area (Å²) in [5.74, 6) is -0.234. The molecule has 3 rings (SSSR count). The van der Waals surface area contributed by atoms with Crippen LogP contribution >= 0.6 is 0 Å². The second-order valence-corrected chi connectivity index (χ2v) is 8.95. The van der Waals surface area contributed by atoms with Crippen LogP contribution in [0.4, 0.5) is 11.4 Å². The van der Waals surface area contributed by atoms with Crippen molar-refractivity contribution < 1.29 is 18.7 Å². The SMILES string of the molecule is Cc1ccc(NC(=O)c2oc3ccccc3c2COC(C)C)cc1NC(=O)C(C)(C)C. The molecule has 0 aliphatic heterocycles. The van der Waals surface area contributed by atoms with Crippen LogP contribution in [-0.4, -0.2) is 17.9 Å². The number of amides is 2. The Labute approximate surface area is 183 Å². The summed E-state index contributed by atoms with van der Waals surface area (Å²) in [6.45, 7) is 11.6. The summed E-state index contributed by atoms with van der Waals surface area (Å²) in [4.78, 5) is 25.5. The van der Waals surface area contributed by atoms with Crippen LogP contribution in [0.1, 0.15) is 56.3 Å². The van der Waals surface area contributed by atoms with E-state index in [1.807, 2.05) is 71.9 Å². The monoisotopic (exact) mass is 422 g/mol. The summed E-state index contributed by atoms with van der Waals surface area (Å²) in [6, 6.07) is 12.9. The number of para-hydroxylation sites is 1. The van der Waals surface area contributed by atoms with E-state index in [2.05, 4.69) is 10.6 Å². The molecule has 0 bridgehead atoms. The van der Waals surface area contributed by atoms with Crippen LogP contribution in [0.2, 0.25) is 0 Å². The highest BCUT2D eigenvalue weighted by Crippen LogP contribution is 2.29. The Morgan fingerprint density at radius 2 is 1.77 bits per heavy atom. The third kappa shape index (κ3) is 5.33. The van der Waals surface area contributed by atoms with Crippen molar-refractivity contribution in [3.63, 3.8) is 0 Å². The first-order chi connectivity index (χ1) is 14.6. The van der Waals surface area contributed by atoms with E-state index in [1.54, 1.807) is 12.1 Å². The summed E-state index contributed by atoms with van der Waals surface area (Å²) in [6.07, 6.45) is 0.0238. The number of hydrogen-bond acceptors (Lipinski definition) is 4. The Morgan fingerprint density at radius 1 is 1.06 bits per heavy atom. The number of rotatable bonds is 6. The van der Waals surface area contributed by atoms with E-state index in [-0.39, 0.29) is 30.3 Å². The average Bonchev–Trinajstić information content (AvgIpc) is 3.07. The predicted molar refractivity (Wildman–Crippen MR) is 123 cm³/mol. The van der Waals surface area contributed by atoms with Gasteiger partial charge < -0.3 is 19.8 Å². The third-order valence-electron chi connectivity index (χ3n) is 4.89. The number of carbonyl (C=O) groups is 2. The molecule has 0 atom stereocenters. The smallest absolute Gasteiger partial charge is 0.291 e. The highest BCUT2D eigenvalue weighted by Gasteiger charge is 2.23. The molecule has 2 aromatic carbocycles. The minimum Gasteiger partial charge on any atom is -0.451 e. The number of ether oxygens (including phenoxy) is 1. The van der Waals surface area contributed by atoms with Crippen LogP contribution in [-0.2, 0) is 16.1 Å². The fourth-order valence-electron chi connectivity index (χ4n) is 3.01. The van der Waals surface area contributed by atoms with Gasteiger partial charge in [-0.25, -0.2) is 0 Å². The summed E-state index contributed by atoms with van der Waals surface area (Å²) in [5, 5.41) is 6.68. The lowest BCUT2D eigenvalue weighted by atomic mass is 9.95. The first kappa shape index (κ1) is 22.6. The molecule has 0 saturated heterocycles. The molecule has 3 aromatic rings. The average molecular weight is 423 g/mol. The van der Waals surface area contributed by atoms with Gasteiger partial charge >= 0.3 is 0 Å². The number of fused-ring (bicyclic) bond motifs is 1. The van der Waals surface area contributed by atoms with Gasteiger partial charge in [-0.2, -0.15) is 0 Å². The zero-order valence-corrected chi connectivity index (χ0v) is 19.0. The molecule has 0 radical (unpaired) electrons. The molecule has 2 N–H and O–H groups in total. The number of furan rings is 1. The molecule has 1 heterocycles. The molecular weight excluding hydrogens is 392 g/mol. The van der Waals surface area contributed by atoms with Crippen molar-refractivity contribution in [2.45, 2.75) is 54.3 Å². The van der Waals surface area contributed by atoms with Gasteiger partial charge in [-0.1, -0.05) is 45.0 Å². The number of carbonyl (C=O) groups excluding carboxylic acids is 2. The number of benzene rings is 2. The zero-order valence-electron chi connectivity index (χ0n) is 19.0. The van der Waals surface area contributed by atoms with Crippen molar-refractivity contribution in [1.29, 1.82) is 0 Å². The van der Waals surface area contributed by atoms with Crippen LogP contribution in [0.15, 0.2) is 46.9 Å². The van der Waals surface area contributed by atoms with Crippen molar-refractivity contribution in [2.24, 2.45) is 5.41 Å². The maximum absolute atomic E-state index is 13.1. The number of nitrogens with one attached hydrogen (secondary N) is 2. The van der Waals surface area contributed by atoms with E-state index in [1.165, 1.54) is 0 Å². The first-order valence-electron chi connectivity index (χ1n) is 10.4. The van der Waals surface area contributed by atoms with Crippen molar-refractivity contribution in [3.05, 3.63) is 59.4 Å². The molecule has 6 nitrogen and oxygen atoms in total. The molecule has 0 aliphatic carbocycles. The van der Waals surface area contributed by atoms with Gasteiger partial charge in [0, 0.05) is 27.7 Å². The van der Waals surface area contributed by atoms with Crippen LogP contribution in [0.5, 0.6) is 0 Å². The Kier molecular flexibility index (Phi) is 6.51. The van der Waals surface area contributed by atoms with Gasteiger partial charge in [0.05, 0.1) is 12.7 Å². The second-order valence-electron chi connectivity index (χ2n) is 8.95. The van der Waals surface area contributed by atoms with Crippen molar-refractivity contribution in [3.8, 4) is 0 Å². The van der Waals surface area contributed by atoms with E-state index < -0.39 is 5.41 Å². The molecule has 1 aromatic heterocycles. The molecule has 0 spiro atoms. The van der Waals surface area contributed by atoms with Crippen molar-refractivity contribution in [2.75, 3.05) is 10.6 Å². The van der Waals surface area contributed by atoms with Gasteiger partial charge in [0.2, 0.25) is 5.91 Å². The van der Waals surface area contributed by atoms with Gasteiger partial charge in [0.1, 0.15) is 5.58 Å². The lowest BCUT2D eigenvalue weighted by molar-refractivity contribution is -0.123. The molecular formula is C25H30N2O4. The zero-order chi connectivity index (χ0) is 22.8. The lowest BCUT2D eigenvalue weighted by Gasteiger charge is -2.19. The minimum absolute atomic E-state index is 0.0238. The van der Waals surface area contributed by atoms with Crippen molar-refractivity contribution in [1.82, 2.24) is 0 Å². The molecule has 2 amide bonds. The summed E-state index contributed by atoms with van der Waals surface area (Å²) in [7, 11) is 0. The predicted octanol–water partition coefficient (Wildman–Crippen LogP) is 5.90. The van der Waals surface area contributed by atoms with Crippen LogP contribution in [0.25, 0.3) is 11.0 Å². The minimum atomic E-state index is -0.523. The molecule has 0 unspecified atom stereocenters. The highest BCUT2D eigenvalue weighted by atomic mass is 16.5. The molecule has 6 heteroatoms. The van der Waals surface area contributed by atoms with Gasteiger partial charge in [0.25, 0.3) is 5.91 Å². The van der Waals surface area contributed by atoms with E-state index >= 15 is 0 Å². The van der Waals surface area contributed by atoms with Crippen LogP contribution in [0, 0.1) is 12.3 Å². The molecule has 164 valence electrons. The first-order valence-corrected chi connectivity index (χ1v) is 10.4. The summed E-state index contributed by atoms with van der Waals surface area (Å²) >= 11 is 0. The van der Waals surface area contributed by atoms with Gasteiger partial charge in [-0.3, -0.25) is 9.59 Å². The Morgan fingerprint density at radius 3 is 2.45 bits per heavy atom. The molecule has 0 saturated carbocycles. The van der Waals surface area contributed by atoms with Crippen LogP contribution < -0.4 is 10.6 Å². The number of anilines is 2. The van der Waals surface area contributed by atoms with E-state index in [0.717, 1.165) is 16.5 Å². The highest BCUT2D eigenvalue weighted by molar-refractivity contribution is 6.07. The third-order valence-corrected chi connectivity index (χ3v) is 4.89. The molecule has 0 aliphatic rings. The normalized spacial score (nSPS) is 11.7. The van der Waals surface area contributed by atoms with Crippen molar-refractivity contribution >= 4 is 34.2 Å². The summed E-state index contributed by atoms with van der Waals surface area (Å²) in [5.41, 5.74) is 2.96. The Balaban J connectivity index is 1.88.